The summed E-state index contributed by atoms with van der Waals surface area (Å²) in [6.45, 7) is 18.7. The molecule has 71 heavy (non-hydrogen) atoms. The van der Waals surface area contributed by atoms with Gasteiger partial charge in [0.25, 0.3) is 5.65 Å². The standard InChI is InChI=1S/C54H92ClN10O5S/c1-43(42-65-45(3)56-44(2)49-52(65)58-47(5)63(49)36-30-24-19-18-21-27-33-61(6)34-28-25-20-26-32-48(66)69-7)71(67,68)53-50-51(59-54(55)60-53)57-46(4)64(50)37-31-23-17-15-13-11-9-8-10-12-14-16-22-29-35-62-38-40-70-41-39-62/h43H,8-42H2,1-7H3/q+1. The molecular weight excluding hydrogens is 936 g/mol. The predicted octanol–water partition coefficient (Wildman–Crippen LogP) is 10.8. The molecule has 5 heterocycles. The van der Waals surface area contributed by atoms with E-state index in [-0.39, 0.29) is 22.8 Å². The number of carbonyl (C=O) groups excluding carboxylic acids is 1. The number of aryl methyl sites for hydroxylation is 6. The summed E-state index contributed by atoms with van der Waals surface area (Å²) in [6.07, 6.45) is 29.6. The highest BCUT2D eigenvalue weighted by molar-refractivity contribution is 7.92. The molecule has 4 aromatic heterocycles. The summed E-state index contributed by atoms with van der Waals surface area (Å²) in [6, 6.07) is 0. The second-order valence-electron chi connectivity index (χ2n) is 20.5. The molecule has 15 nitrogen and oxygen atoms in total. The van der Waals surface area contributed by atoms with Gasteiger partial charge in [-0.25, -0.2) is 23.0 Å². The molecule has 0 amide bonds. The van der Waals surface area contributed by atoms with Crippen molar-refractivity contribution in [2.45, 2.75) is 225 Å². The Hall–Kier alpha value is -3.31. The first kappa shape index (κ1) is 58.6. The van der Waals surface area contributed by atoms with Crippen LogP contribution < -0.4 is 4.57 Å². The van der Waals surface area contributed by atoms with E-state index in [0.717, 1.165) is 120 Å². The molecule has 0 aliphatic carbocycles. The molecule has 1 aliphatic heterocycles. The highest BCUT2D eigenvalue weighted by atomic mass is 35.5. The summed E-state index contributed by atoms with van der Waals surface area (Å²) in [5, 5.41) is -1.05. The first-order valence-electron chi connectivity index (χ1n) is 27.7. The van der Waals surface area contributed by atoms with Crippen LogP contribution in [0, 0.1) is 27.7 Å². The summed E-state index contributed by atoms with van der Waals surface area (Å²) in [5.74, 6) is 2.21. The highest BCUT2D eigenvalue weighted by Crippen LogP contribution is 2.28. The van der Waals surface area contributed by atoms with Gasteiger partial charge in [-0.3, -0.25) is 9.69 Å². The van der Waals surface area contributed by atoms with Crippen LogP contribution in [0.5, 0.6) is 0 Å². The molecule has 4 aromatic rings. The van der Waals surface area contributed by atoms with Crippen LogP contribution in [0.15, 0.2) is 5.03 Å². The lowest BCUT2D eigenvalue weighted by Crippen LogP contribution is -2.46. The Balaban J connectivity index is 1.04. The van der Waals surface area contributed by atoms with Gasteiger partial charge in [-0.1, -0.05) is 121 Å². The molecule has 1 fully saturated rings. The van der Waals surface area contributed by atoms with Crippen LogP contribution in [0.1, 0.15) is 191 Å². The smallest absolute Gasteiger partial charge is 0.305 e. The molecule has 1 atom stereocenters. The van der Waals surface area contributed by atoms with Crippen molar-refractivity contribution >= 4 is 49.7 Å². The zero-order chi connectivity index (χ0) is 51.0. The molecule has 0 radical (unpaired) electrons. The molecule has 0 aromatic carbocycles. The van der Waals surface area contributed by atoms with Crippen molar-refractivity contribution in [3.8, 4) is 0 Å². The third kappa shape index (κ3) is 18.8. The van der Waals surface area contributed by atoms with Gasteiger partial charge in [0, 0.05) is 46.4 Å². The maximum absolute atomic E-state index is 14.6. The van der Waals surface area contributed by atoms with E-state index in [0.29, 0.717) is 35.8 Å². The maximum atomic E-state index is 14.6. The van der Waals surface area contributed by atoms with Crippen LogP contribution in [-0.4, -0.2) is 124 Å². The number of hydrogen-bond acceptors (Lipinski definition) is 12. The van der Waals surface area contributed by atoms with E-state index in [2.05, 4.69) is 36.4 Å². The molecular formula is C54H92ClN10O5S+. The van der Waals surface area contributed by atoms with Crippen molar-refractivity contribution in [1.82, 2.24) is 43.9 Å². The monoisotopic (exact) mass is 1030 g/mol. The molecule has 5 rings (SSSR count). The van der Waals surface area contributed by atoms with E-state index in [4.69, 9.17) is 31.0 Å². The average molecular weight is 1030 g/mol. The number of morpholine rings is 1. The lowest BCUT2D eigenvalue weighted by Gasteiger charge is -2.26. The van der Waals surface area contributed by atoms with Gasteiger partial charge >= 0.3 is 5.97 Å². The van der Waals surface area contributed by atoms with Crippen molar-refractivity contribution in [3.63, 3.8) is 0 Å². The number of rotatable bonds is 37. The number of hydrogen-bond donors (Lipinski definition) is 0. The Morgan fingerprint density at radius 1 is 0.662 bits per heavy atom. The third-order valence-electron chi connectivity index (χ3n) is 14.7. The van der Waals surface area contributed by atoms with Crippen LogP contribution in [0.25, 0.3) is 22.3 Å². The number of ether oxygens (including phenoxy) is 2. The summed E-state index contributed by atoms with van der Waals surface area (Å²) in [5.41, 5.74) is 3.35. The van der Waals surface area contributed by atoms with Crippen LogP contribution in [0.4, 0.5) is 0 Å². The van der Waals surface area contributed by atoms with Gasteiger partial charge in [-0.05, 0) is 97.6 Å². The minimum Gasteiger partial charge on any atom is -0.469 e. The van der Waals surface area contributed by atoms with E-state index >= 15 is 0 Å². The van der Waals surface area contributed by atoms with Crippen molar-refractivity contribution in [2.75, 3.05) is 60.1 Å². The minimum atomic E-state index is -4.00. The number of methoxy groups -OCH3 is 1. The van der Waals surface area contributed by atoms with Crippen molar-refractivity contribution in [1.29, 1.82) is 0 Å². The summed E-state index contributed by atoms with van der Waals surface area (Å²) in [4.78, 5) is 39.7. The number of esters is 1. The molecule has 1 unspecified atom stereocenters. The number of halogens is 1. The van der Waals surface area contributed by atoms with Gasteiger partial charge in [-0.2, -0.15) is 4.98 Å². The van der Waals surface area contributed by atoms with Crippen LogP contribution in [0.3, 0.4) is 0 Å². The maximum Gasteiger partial charge on any atom is 0.305 e. The molecule has 0 saturated carbocycles. The van der Waals surface area contributed by atoms with Crippen LogP contribution >= 0.6 is 11.6 Å². The fraction of sp³-hybridized carbons (Fsp3) is 0.796. The Morgan fingerprint density at radius 2 is 1.14 bits per heavy atom. The number of carbonyl (C=O) groups is 1. The highest BCUT2D eigenvalue weighted by Gasteiger charge is 2.34. The van der Waals surface area contributed by atoms with Gasteiger partial charge in [-0.15, -0.1) is 4.98 Å². The third-order valence-corrected chi connectivity index (χ3v) is 16.9. The Morgan fingerprint density at radius 3 is 1.69 bits per heavy atom. The average Bonchev–Trinajstić information content (AvgIpc) is 3.85. The normalized spacial score (nSPS) is 14.2. The zero-order valence-corrected chi connectivity index (χ0v) is 46.7. The summed E-state index contributed by atoms with van der Waals surface area (Å²) >= 11 is 6.42. The number of imidazole rings is 2. The molecule has 400 valence electrons. The van der Waals surface area contributed by atoms with Gasteiger partial charge in [0.05, 0.1) is 32.1 Å². The van der Waals surface area contributed by atoms with Gasteiger partial charge in [0.15, 0.2) is 22.0 Å². The molecule has 1 saturated heterocycles. The first-order chi connectivity index (χ1) is 34.3. The number of aromatic nitrogens is 8. The summed E-state index contributed by atoms with van der Waals surface area (Å²) < 4.78 is 45.7. The summed E-state index contributed by atoms with van der Waals surface area (Å²) in [7, 11) is -0.343. The molecule has 1 aliphatic rings. The van der Waals surface area contributed by atoms with Crippen molar-refractivity contribution in [2.24, 2.45) is 0 Å². The van der Waals surface area contributed by atoms with Gasteiger partial charge < -0.3 is 23.5 Å². The largest absolute Gasteiger partial charge is 0.469 e. The topological polar surface area (TPSA) is 154 Å². The Bertz CT molecular complexity index is 2310. The van der Waals surface area contributed by atoms with E-state index in [1.54, 1.807) is 6.92 Å². The van der Waals surface area contributed by atoms with Gasteiger partial charge in [0.2, 0.25) is 20.9 Å². The van der Waals surface area contributed by atoms with E-state index < -0.39 is 15.1 Å². The number of sulfone groups is 1. The zero-order valence-electron chi connectivity index (χ0n) is 45.1. The van der Waals surface area contributed by atoms with Crippen molar-refractivity contribution in [3.05, 3.63) is 28.5 Å². The number of fused-ring (bicyclic) bond motifs is 2. The second-order valence-corrected chi connectivity index (χ2v) is 23.2. The van der Waals surface area contributed by atoms with Crippen LogP contribution in [0.2, 0.25) is 5.28 Å². The minimum absolute atomic E-state index is 0.0619. The lowest BCUT2D eigenvalue weighted by atomic mass is 10.0. The quantitative estimate of drug-likeness (QED) is 0.0139. The second kappa shape index (κ2) is 31.4. The Labute approximate surface area is 432 Å². The fourth-order valence-electron chi connectivity index (χ4n) is 10.3. The predicted molar refractivity (Wildman–Crippen MR) is 286 cm³/mol. The van der Waals surface area contributed by atoms with E-state index in [1.807, 2.05) is 36.8 Å². The number of unbranched alkanes of at least 4 members (excludes halogenated alkanes) is 21. The Kier molecular flexibility index (Phi) is 25.9. The van der Waals surface area contributed by atoms with E-state index in [1.165, 1.54) is 116 Å². The molecule has 0 N–H and O–H groups in total. The lowest BCUT2D eigenvalue weighted by molar-refractivity contribution is -0.681. The van der Waals surface area contributed by atoms with Gasteiger partial charge in [0.1, 0.15) is 17.0 Å². The molecule has 0 spiro atoms. The molecule has 17 heteroatoms. The van der Waals surface area contributed by atoms with Crippen LogP contribution in [-0.2, 0) is 43.7 Å². The fourth-order valence-corrected chi connectivity index (χ4v) is 12.0. The SMILES string of the molecule is COC(=O)CCCCCCN(C)CCCCCCCCn1c(C)nc2c1c(C)nc(C)[n+]2CC(C)S(=O)(=O)c1nc(Cl)nc2nc(C)n(CCCCCCCCCCCCCCCCN3CCOCC3)c12. The first-order valence-corrected chi connectivity index (χ1v) is 29.7. The van der Waals surface area contributed by atoms with Crippen molar-refractivity contribution < 1.29 is 27.3 Å². The molecule has 0 bridgehead atoms. The number of nitrogens with zero attached hydrogens (tertiary/aromatic N) is 10. The van der Waals surface area contributed by atoms with E-state index in [9.17, 15) is 13.2 Å².